The highest BCUT2D eigenvalue weighted by Gasteiger charge is 2.24. The molecule has 0 saturated heterocycles. The van der Waals surface area contributed by atoms with Gasteiger partial charge in [-0.2, -0.15) is 9.78 Å². The number of hydrogen-bond donors (Lipinski definition) is 1. The van der Waals surface area contributed by atoms with E-state index in [4.69, 9.17) is 5.73 Å². The molecule has 0 aromatic carbocycles. The van der Waals surface area contributed by atoms with Gasteiger partial charge >= 0.3 is 0 Å². The first-order valence-electron chi connectivity index (χ1n) is 7.64. The number of aryl methyl sites for hydroxylation is 3. The summed E-state index contributed by atoms with van der Waals surface area (Å²) in [5.41, 5.74) is 8.43. The van der Waals surface area contributed by atoms with E-state index in [0.717, 1.165) is 46.3 Å². The SMILES string of the molecule is Cc1cc(N)n(-c2nc(C)nc3sc4c(c23)CCC(C)C4)n1. The van der Waals surface area contributed by atoms with Crippen molar-refractivity contribution in [3.8, 4) is 5.82 Å². The van der Waals surface area contributed by atoms with Crippen LogP contribution in [0, 0.1) is 19.8 Å². The second-order valence-electron chi connectivity index (χ2n) is 6.25. The molecule has 0 amide bonds. The van der Waals surface area contributed by atoms with Crippen molar-refractivity contribution in [3.63, 3.8) is 0 Å². The minimum atomic E-state index is 0.626. The van der Waals surface area contributed by atoms with Crippen molar-refractivity contribution in [2.45, 2.75) is 40.0 Å². The molecular formula is C16H19N5S. The minimum absolute atomic E-state index is 0.626. The topological polar surface area (TPSA) is 69.6 Å². The zero-order chi connectivity index (χ0) is 15.4. The van der Waals surface area contributed by atoms with Crippen LogP contribution in [0.1, 0.15) is 35.3 Å². The van der Waals surface area contributed by atoms with Crippen LogP contribution in [0.5, 0.6) is 0 Å². The molecule has 22 heavy (non-hydrogen) atoms. The van der Waals surface area contributed by atoms with Gasteiger partial charge in [0.25, 0.3) is 0 Å². The van der Waals surface area contributed by atoms with Crippen molar-refractivity contribution >= 4 is 27.4 Å². The van der Waals surface area contributed by atoms with Crippen LogP contribution in [0.15, 0.2) is 6.07 Å². The van der Waals surface area contributed by atoms with Crippen LogP contribution in [0.4, 0.5) is 5.82 Å². The van der Waals surface area contributed by atoms with E-state index in [-0.39, 0.29) is 0 Å². The average molecular weight is 313 g/mol. The zero-order valence-corrected chi connectivity index (χ0v) is 13.9. The second kappa shape index (κ2) is 4.78. The summed E-state index contributed by atoms with van der Waals surface area (Å²) in [5, 5.41) is 5.67. The smallest absolute Gasteiger partial charge is 0.168 e. The Hall–Kier alpha value is -1.95. The Bertz CT molecular complexity index is 876. The summed E-state index contributed by atoms with van der Waals surface area (Å²) >= 11 is 1.81. The Kier molecular flexibility index (Phi) is 2.97. The lowest BCUT2D eigenvalue weighted by Crippen LogP contribution is -2.11. The monoisotopic (exact) mass is 313 g/mol. The molecule has 0 radical (unpaired) electrons. The number of anilines is 1. The van der Waals surface area contributed by atoms with E-state index >= 15 is 0 Å². The highest BCUT2D eigenvalue weighted by atomic mass is 32.1. The van der Waals surface area contributed by atoms with E-state index in [1.165, 1.54) is 16.9 Å². The van der Waals surface area contributed by atoms with Gasteiger partial charge in [0, 0.05) is 10.9 Å². The molecule has 0 bridgehead atoms. The summed E-state index contributed by atoms with van der Waals surface area (Å²) in [6, 6.07) is 1.88. The van der Waals surface area contributed by atoms with Crippen LogP contribution in [-0.4, -0.2) is 19.7 Å². The molecule has 6 heteroatoms. The van der Waals surface area contributed by atoms with E-state index in [1.807, 2.05) is 19.9 Å². The molecule has 0 saturated carbocycles. The van der Waals surface area contributed by atoms with Gasteiger partial charge in [-0.3, -0.25) is 0 Å². The van der Waals surface area contributed by atoms with Crippen LogP contribution in [-0.2, 0) is 12.8 Å². The van der Waals surface area contributed by atoms with Gasteiger partial charge in [0.05, 0.1) is 11.1 Å². The van der Waals surface area contributed by atoms with Crippen molar-refractivity contribution < 1.29 is 0 Å². The maximum absolute atomic E-state index is 6.12. The molecular weight excluding hydrogens is 294 g/mol. The maximum atomic E-state index is 6.12. The lowest BCUT2D eigenvalue weighted by Gasteiger charge is -2.18. The summed E-state index contributed by atoms with van der Waals surface area (Å²) in [5.74, 6) is 2.97. The summed E-state index contributed by atoms with van der Waals surface area (Å²) in [6.45, 7) is 6.19. The summed E-state index contributed by atoms with van der Waals surface area (Å²) in [6.07, 6.45) is 3.46. The fraction of sp³-hybridized carbons (Fsp3) is 0.438. The standard InChI is InChI=1S/C16H19N5S/c1-8-4-5-11-12(6-8)22-16-14(11)15(18-10(3)19-16)21-13(17)7-9(2)20-21/h7-8H,4-6,17H2,1-3H3. The van der Waals surface area contributed by atoms with Gasteiger partial charge in [-0.05, 0) is 44.6 Å². The summed E-state index contributed by atoms with van der Waals surface area (Å²) in [7, 11) is 0. The van der Waals surface area contributed by atoms with Crippen LogP contribution >= 0.6 is 11.3 Å². The molecule has 3 aromatic heterocycles. The Balaban J connectivity index is 2.04. The number of rotatable bonds is 1. The van der Waals surface area contributed by atoms with Gasteiger partial charge in [-0.15, -0.1) is 11.3 Å². The first kappa shape index (κ1) is 13.7. The molecule has 1 unspecified atom stereocenters. The molecule has 114 valence electrons. The first-order chi connectivity index (χ1) is 10.5. The number of nitrogens with two attached hydrogens (primary N) is 1. The van der Waals surface area contributed by atoms with Crippen LogP contribution in [0.25, 0.3) is 16.0 Å². The third-order valence-corrected chi connectivity index (χ3v) is 5.46. The average Bonchev–Trinajstić information content (AvgIpc) is 2.96. The van der Waals surface area contributed by atoms with E-state index in [9.17, 15) is 0 Å². The fourth-order valence-electron chi connectivity index (χ4n) is 3.27. The van der Waals surface area contributed by atoms with E-state index < -0.39 is 0 Å². The number of hydrogen-bond acceptors (Lipinski definition) is 5. The van der Waals surface area contributed by atoms with Crippen LogP contribution in [0.3, 0.4) is 0 Å². The van der Waals surface area contributed by atoms with Gasteiger partial charge in [-0.25, -0.2) is 9.97 Å². The second-order valence-corrected chi connectivity index (χ2v) is 7.33. The quantitative estimate of drug-likeness (QED) is 0.749. The maximum Gasteiger partial charge on any atom is 0.168 e. The van der Waals surface area contributed by atoms with Crippen LogP contribution in [0.2, 0.25) is 0 Å². The number of thiophene rings is 1. The first-order valence-corrected chi connectivity index (χ1v) is 8.46. The molecule has 0 spiro atoms. The lowest BCUT2D eigenvalue weighted by atomic mass is 9.89. The molecule has 1 aliphatic carbocycles. The van der Waals surface area contributed by atoms with Crippen molar-refractivity contribution in [3.05, 3.63) is 28.0 Å². The molecule has 0 fully saturated rings. The third kappa shape index (κ3) is 2.01. The van der Waals surface area contributed by atoms with E-state index in [0.29, 0.717) is 5.82 Å². The predicted molar refractivity (Wildman–Crippen MR) is 89.6 cm³/mol. The molecule has 1 atom stereocenters. The zero-order valence-electron chi connectivity index (χ0n) is 13.1. The Morgan fingerprint density at radius 3 is 2.86 bits per heavy atom. The lowest BCUT2D eigenvalue weighted by molar-refractivity contribution is 0.509. The highest BCUT2D eigenvalue weighted by Crippen LogP contribution is 2.39. The van der Waals surface area contributed by atoms with Crippen molar-refractivity contribution in [2.75, 3.05) is 5.73 Å². The normalized spacial score (nSPS) is 17.9. The van der Waals surface area contributed by atoms with Gasteiger partial charge in [0.1, 0.15) is 16.5 Å². The molecule has 4 rings (SSSR count). The Morgan fingerprint density at radius 1 is 1.32 bits per heavy atom. The fourth-order valence-corrected chi connectivity index (χ4v) is 4.69. The van der Waals surface area contributed by atoms with Gasteiger partial charge < -0.3 is 5.73 Å². The number of fused-ring (bicyclic) bond motifs is 3. The molecule has 1 aliphatic rings. The third-order valence-electron chi connectivity index (χ3n) is 4.31. The number of nitrogen functional groups attached to an aromatic ring is 1. The van der Waals surface area contributed by atoms with E-state index in [2.05, 4.69) is 22.0 Å². The van der Waals surface area contributed by atoms with Crippen molar-refractivity contribution in [1.29, 1.82) is 0 Å². The highest BCUT2D eigenvalue weighted by molar-refractivity contribution is 7.18. The summed E-state index contributed by atoms with van der Waals surface area (Å²) in [4.78, 5) is 11.8. The summed E-state index contributed by atoms with van der Waals surface area (Å²) < 4.78 is 1.76. The largest absolute Gasteiger partial charge is 0.384 e. The Morgan fingerprint density at radius 2 is 2.14 bits per heavy atom. The minimum Gasteiger partial charge on any atom is -0.384 e. The number of nitrogens with zero attached hydrogens (tertiary/aromatic N) is 4. The number of aromatic nitrogens is 4. The predicted octanol–water partition coefficient (Wildman–Crippen LogP) is 3.20. The van der Waals surface area contributed by atoms with Crippen LogP contribution < -0.4 is 5.73 Å². The molecule has 2 N–H and O–H groups in total. The van der Waals surface area contributed by atoms with Gasteiger partial charge in [0.15, 0.2) is 5.82 Å². The molecule has 0 aliphatic heterocycles. The van der Waals surface area contributed by atoms with Crippen molar-refractivity contribution in [2.24, 2.45) is 5.92 Å². The Labute approximate surface area is 133 Å². The van der Waals surface area contributed by atoms with Gasteiger partial charge in [-0.1, -0.05) is 6.92 Å². The van der Waals surface area contributed by atoms with Crippen molar-refractivity contribution in [1.82, 2.24) is 19.7 Å². The van der Waals surface area contributed by atoms with Gasteiger partial charge in [0.2, 0.25) is 0 Å². The molecule has 3 heterocycles. The molecule has 3 aromatic rings. The van der Waals surface area contributed by atoms with E-state index in [1.54, 1.807) is 16.0 Å². The molecule has 5 nitrogen and oxygen atoms in total.